The summed E-state index contributed by atoms with van der Waals surface area (Å²) in [5.41, 5.74) is 19.5. The molecule has 486 valence electrons. The van der Waals surface area contributed by atoms with Gasteiger partial charge in [0.05, 0.1) is 0 Å². The fourth-order valence-corrected chi connectivity index (χ4v) is 20.4. The Bertz CT molecular complexity index is 3330. The van der Waals surface area contributed by atoms with Crippen molar-refractivity contribution in [2.75, 3.05) is 90.1 Å². The van der Waals surface area contributed by atoms with Gasteiger partial charge >= 0.3 is 61.6 Å². The van der Waals surface area contributed by atoms with Crippen molar-refractivity contribution in [2.45, 2.75) is 158 Å². The Hall–Kier alpha value is -4.99. The first kappa shape index (κ1) is 72.4. The van der Waals surface area contributed by atoms with Gasteiger partial charge in [-0.25, -0.2) is 0 Å². The van der Waals surface area contributed by atoms with E-state index in [0.717, 1.165) is 0 Å². The SMILES string of the molecule is CC(C)c1cc(P(c2cc(C(C)C)c(N(C)C)c(C(C)C)c2)c2ccc3ccccc3c2-c2c(P(c3cc(C(C)C)c(N(C)C)c(C(C)C)c3)c3cc(C(C)C)c(N(C)C)c(C(C)C)c3)ccc3ccccc23)cc(C(C)C)c1N(C)C.CN(C)[C](=O)[Ru-]([Cl])[Cl]. The molecule has 6 nitrogen and oxygen atoms in total. The molecule has 8 aromatic carbocycles. The van der Waals surface area contributed by atoms with E-state index in [1.165, 1.54) is 137 Å². The molecular weight excluding hydrogens is 1270 g/mol. The van der Waals surface area contributed by atoms with Gasteiger partial charge in [0.25, 0.3) is 0 Å². The minimum atomic E-state index is -2.13. The Kier molecular flexibility index (Phi) is 24.5. The normalized spacial score (nSPS) is 12.1. The van der Waals surface area contributed by atoms with Crippen molar-refractivity contribution in [3.63, 3.8) is 0 Å². The topological polar surface area (TPSA) is 33.3 Å². The summed E-state index contributed by atoms with van der Waals surface area (Å²) in [6.45, 7) is 38.3. The van der Waals surface area contributed by atoms with Crippen LogP contribution in [0, 0.1) is 0 Å². The Morgan fingerprint density at radius 3 is 0.711 bits per heavy atom. The van der Waals surface area contributed by atoms with E-state index in [2.05, 4.69) is 308 Å². The molecule has 0 saturated carbocycles. The summed E-state index contributed by atoms with van der Waals surface area (Å²) < 4.78 is -0.141. The average Bonchev–Trinajstić information content (AvgIpc) is 0.749. The summed E-state index contributed by atoms with van der Waals surface area (Å²) in [6, 6.07) is 49.8. The first-order valence-electron chi connectivity index (χ1n) is 32.5. The maximum atomic E-state index is 10.6. The molecule has 0 saturated heterocycles. The third kappa shape index (κ3) is 15.3. The van der Waals surface area contributed by atoms with E-state index >= 15 is 0 Å². The molecule has 11 heteroatoms. The minimum absolute atomic E-state index is 0.141. The summed E-state index contributed by atoms with van der Waals surface area (Å²) in [7, 11) is 29.5. The van der Waals surface area contributed by atoms with Gasteiger partial charge in [-0.3, -0.25) is 0 Å². The van der Waals surface area contributed by atoms with Gasteiger partial charge in [-0.05, 0) is 221 Å². The van der Waals surface area contributed by atoms with Crippen molar-refractivity contribution in [1.82, 2.24) is 4.90 Å². The molecule has 1 amide bonds. The predicted molar refractivity (Wildman–Crippen MR) is 405 cm³/mol. The van der Waals surface area contributed by atoms with Crippen molar-refractivity contribution < 1.29 is 18.8 Å². The van der Waals surface area contributed by atoms with Crippen molar-refractivity contribution in [3.8, 4) is 11.1 Å². The van der Waals surface area contributed by atoms with E-state index in [9.17, 15) is 4.79 Å². The van der Waals surface area contributed by atoms with Gasteiger partial charge in [0.1, 0.15) is 0 Å². The maximum absolute atomic E-state index is 10.6. The zero-order valence-electron chi connectivity index (χ0n) is 59.3. The average molecular weight is 1380 g/mol. The Balaban J connectivity index is 0.00000135. The molecule has 0 unspecified atom stereocenters. The Morgan fingerprint density at radius 1 is 0.333 bits per heavy atom. The molecule has 0 aliphatic carbocycles. The molecule has 0 aromatic heterocycles. The molecule has 90 heavy (non-hydrogen) atoms. The van der Waals surface area contributed by atoms with Crippen LogP contribution in [0.25, 0.3) is 32.7 Å². The van der Waals surface area contributed by atoms with Gasteiger partial charge in [-0.1, -0.05) is 184 Å². The number of amides is 1. The summed E-state index contributed by atoms with van der Waals surface area (Å²) in [4.78, 5) is 21.5. The second kappa shape index (κ2) is 30.4. The fraction of sp³-hybridized carbons (Fsp3) is 0.430. The monoisotopic (exact) mass is 1370 g/mol. The summed E-state index contributed by atoms with van der Waals surface area (Å²) >= 11 is -2.13. The third-order valence-electron chi connectivity index (χ3n) is 17.4. The van der Waals surface area contributed by atoms with Gasteiger partial charge in [0, 0.05) is 79.1 Å². The number of carbonyl (C=O) groups excluding carboxylic acids is 1. The first-order valence-corrected chi connectivity index (χ1v) is 40.5. The van der Waals surface area contributed by atoms with E-state index in [1.807, 2.05) is 0 Å². The van der Waals surface area contributed by atoms with Crippen LogP contribution in [0.3, 0.4) is 0 Å². The van der Waals surface area contributed by atoms with Crippen LogP contribution in [-0.2, 0) is 14.0 Å². The van der Waals surface area contributed by atoms with E-state index in [4.69, 9.17) is 19.4 Å². The molecule has 8 rings (SSSR count). The molecule has 0 bridgehead atoms. The van der Waals surface area contributed by atoms with E-state index in [1.54, 1.807) is 14.1 Å². The fourth-order valence-electron chi connectivity index (χ4n) is 13.1. The molecule has 0 atom stereocenters. The van der Waals surface area contributed by atoms with Crippen LogP contribution < -0.4 is 51.4 Å². The van der Waals surface area contributed by atoms with Gasteiger partial charge in [-0.2, -0.15) is 0 Å². The number of anilines is 4. The number of rotatable bonds is 20. The van der Waals surface area contributed by atoms with Gasteiger partial charge in [-0.15, -0.1) is 0 Å². The third-order valence-corrected chi connectivity index (χ3v) is 24.9. The van der Waals surface area contributed by atoms with Crippen LogP contribution in [0.2, 0.25) is 0 Å². The predicted octanol–water partition coefficient (Wildman–Crippen LogP) is 20.0. The van der Waals surface area contributed by atoms with Crippen molar-refractivity contribution in [3.05, 3.63) is 166 Å². The van der Waals surface area contributed by atoms with Gasteiger partial charge in [0.15, 0.2) is 0 Å². The zero-order valence-corrected chi connectivity index (χ0v) is 64.4. The molecule has 0 radical (unpaired) electrons. The number of carbonyl (C=O) groups is 1. The van der Waals surface area contributed by atoms with Crippen LogP contribution in [0.4, 0.5) is 27.5 Å². The van der Waals surface area contributed by atoms with Gasteiger partial charge < -0.3 is 19.6 Å². The number of nitrogens with zero attached hydrogens (tertiary/aromatic N) is 5. The number of hydrogen-bond acceptors (Lipinski definition) is 5. The molecular formula is C79H106Cl2N5OP2Ru-. The summed E-state index contributed by atoms with van der Waals surface area (Å²) in [5, 5.41) is 13.6. The number of benzene rings is 8. The Morgan fingerprint density at radius 2 is 0.544 bits per heavy atom. The molecule has 8 aromatic rings. The molecule has 0 fully saturated rings. The van der Waals surface area contributed by atoms with Crippen molar-refractivity contribution in [2.24, 2.45) is 0 Å². The van der Waals surface area contributed by atoms with Crippen molar-refractivity contribution in [1.29, 1.82) is 0 Å². The van der Waals surface area contributed by atoms with E-state index < -0.39 is 29.8 Å². The molecule has 0 aliphatic heterocycles. The first-order chi connectivity index (χ1) is 42.2. The summed E-state index contributed by atoms with van der Waals surface area (Å²) in [5.74, 6) is 2.56. The summed E-state index contributed by atoms with van der Waals surface area (Å²) in [6.07, 6.45) is 0. The number of hydrogen-bond donors (Lipinski definition) is 0. The zero-order chi connectivity index (χ0) is 66.8. The van der Waals surface area contributed by atoms with E-state index in [-0.39, 0.29) is 4.50 Å². The van der Waals surface area contributed by atoms with Crippen molar-refractivity contribution >= 4 is 116 Å². The molecule has 0 heterocycles. The van der Waals surface area contributed by atoms with Crippen LogP contribution in [-0.4, -0.2) is 79.9 Å². The van der Waals surface area contributed by atoms with Crippen LogP contribution >= 0.6 is 35.2 Å². The molecule has 0 N–H and O–H groups in total. The second-order valence-corrected chi connectivity index (χ2v) is 38.1. The van der Waals surface area contributed by atoms with Gasteiger partial charge in [0.2, 0.25) is 0 Å². The number of fused-ring (bicyclic) bond motifs is 2. The Labute approximate surface area is 560 Å². The van der Waals surface area contributed by atoms with E-state index in [0.29, 0.717) is 47.3 Å². The quantitative estimate of drug-likeness (QED) is 0.0561. The second-order valence-electron chi connectivity index (χ2n) is 28.1. The number of halogens is 2. The standard InChI is InChI=1S/C76H100N4P2.C3H6NO.2ClH.Ru/c1-45(2)61-37-55(38-62(46(3)4)73(61)77(17)18)81(56-39-63(47(5)6)74(78(19)20)64(40-56)48(7)8)69-35-33-53-29-25-27-31-59(53)71(69)72-60-32-28-26-30-54(60)34-36-70(72)82(57-41-65(49(9)10)75(79(21)22)66(42-57)50(11)12)58-43-67(51(13)14)76(80(23)24)68(44-58)52(15)16;1-4(2)3-5;;;/h25-52H,1-24H3;1-2H3;2*1H;/q;;;;+1/p-2. The molecule has 0 aliphatic rings. The van der Waals surface area contributed by atoms with Crippen LogP contribution in [0.5, 0.6) is 0 Å². The van der Waals surface area contributed by atoms with Crippen LogP contribution in [0.15, 0.2) is 121 Å². The van der Waals surface area contributed by atoms with Crippen LogP contribution in [0.1, 0.15) is 203 Å². The molecule has 0 spiro atoms.